The molecule has 3 rings (SSSR count). The number of carbonyl (C=O) groups is 2. The summed E-state index contributed by atoms with van der Waals surface area (Å²) in [6.07, 6.45) is -0.148. The Labute approximate surface area is 184 Å². The number of carboxylic acids is 1. The van der Waals surface area contributed by atoms with Gasteiger partial charge in [-0.05, 0) is 47.0 Å². The summed E-state index contributed by atoms with van der Waals surface area (Å²) >= 11 is 12.0. The molecule has 30 heavy (non-hydrogen) atoms. The van der Waals surface area contributed by atoms with Gasteiger partial charge in [0.25, 0.3) is 5.91 Å². The summed E-state index contributed by atoms with van der Waals surface area (Å²) in [6.45, 7) is 0.272. The molecule has 0 aliphatic heterocycles. The quantitative estimate of drug-likeness (QED) is 0.524. The SMILES string of the molecule is COc1ccc(-c2ccccc2CNC(=O)c2ccc(Cl)cc2Cl)cc1CC(=O)O. The lowest BCUT2D eigenvalue weighted by Gasteiger charge is -2.14. The van der Waals surface area contributed by atoms with E-state index in [0.717, 1.165) is 16.7 Å². The molecule has 1 amide bonds. The molecule has 7 heteroatoms. The third-order valence-electron chi connectivity index (χ3n) is 4.57. The van der Waals surface area contributed by atoms with Crippen LogP contribution in [0.2, 0.25) is 10.0 Å². The molecule has 0 aliphatic carbocycles. The fourth-order valence-corrected chi connectivity index (χ4v) is 3.64. The molecular formula is C23H19Cl2NO4. The lowest BCUT2D eigenvalue weighted by atomic mass is 9.96. The first-order valence-corrected chi connectivity index (χ1v) is 9.85. The summed E-state index contributed by atoms with van der Waals surface area (Å²) in [7, 11) is 1.51. The van der Waals surface area contributed by atoms with Crippen LogP contribution in [0.1, 0.15) is 21.5 Å². The van der Waals surface area contributed by atoms with E-state index in [4.69, 9.17) is 27.9 Å². The lowest BCUT2D eigenvalue weighted by molar-refractivity contribution is -0.136. The summed E-state index contributed by atoms with van der Waals surface area (Å²) in [5, 5.41) is 12.8. The van der Waals surface area contributed by atoms with Gasteiger partial charge < -0.3 is 15.2 Å². The van der Waals surface area contributed by atoms with Crippen molar-refractivity contribution in [3.63, 3.8) is 0 Å². The van der Waals surface area contributed by atoms with Crippen molar-refractivity contribution in [2.24, 2.45) is 0 Å². The van der Waals surface area contributed by atoms with Crippen molar-refractivity contribution in [3.8, 4) is 16.9 Å². The number of carboxylic acid groups (broad SMARTS) is 1. The second kappa shape index (κ2) is 9.65. The van der Waals surface area contributed by atoms with Crippen molar-refractivity contribution in [1.29, 1.82) is 0 Å². The molecule has 0 aliphatic rings. The zero-order valence-electron chi connectivity index (χ0n) is 16.1. The van der Waals surface area contributed by atoms with Gasteiger partial charge in [0.15, 0.2) is 0 Å². The van der Waals surface area contributed by atoms with Crippen LogP contribution in [0.4, 0.5) is 0 Å². The Hall–Kier alpha value is -3.02. The van der Waals surface area contributed by atoms with E-state index in [1.807, 2.05) is 30.3 Å². The molecule has 2 N–H and O–H groups in total. The van der Waals surface area contributed by atoms with Gasteiger partial charge in [-0.15, -0.1) is 0 Å². The fraction of sp³-hybridized carbons (Fsp3) is 0.130. The largest absolute Gasteiger partial charge is 0.496 e. The monoisotopic (exact) mass is 443 g/mol. The van der Waals surface area contributed by atoms with Gasteiger partial charge >= 0.3 is 5.97 Å². The summed E-state index contributed by atoms with van der Waals surface area (Å²) in [5.74, 6) is -0.733. The molecule has 5 nitrogen and oxygen atoms in total. The van der Waals surface area contributed by atoms with E-state index in [1.54, 1.807) is 24.3 Å². The van der Waals surface area contributed by atoms with E-state index < -0.39 is 5.97 Å². The normalized spacial score (nSPS) is 10.5. The Morgan fingerprint density at radius 1 is 1.00 bits per heavy atom. The molecular weight excluding hydrogens is 425 g/mol. The van der Waals surface area contributed by atoms with Crippen LogP contribution in [0, 0.1) is 0 Å². The summed E-state index contributed by atoms with van der Waals surface area (Å²) in [5.41, 5.74) is 3.51. The van der Waals surface area contributed by atoms with Crippen molar-refractivity contribution in [3.05, 3.63) is 87.4 Å². The number of methoxy groups -OCH3 is 1. The van der Waals surface area contributed by atoms with Gasteiger partial charge in [0.05, 0.1) is 24.1 Å². The predicted octanol–water partition coefficient (Wildman–Crippen LogP) is 5.23. The first kappa shape index (κ1) is 21.7. The number of halogens is 2. The fourth-order valence-electron chi connectivity index (χ4n) is 3.15. The Morgan fingerprint density at radius 2 is 1.77 bits per heavy atom. The average molecular weight is 444 g/mol. The van der Waals surface area contributed by atoms with Crippen LogP contribution in [0.25, 0.3) is 11.1 Å². The molecule has 0 unspecified atom stereocenters. The van der Waals surface area contributed by atoms with Crippen LogP contribution in [-0.4, -0.2) is 24.1 Å². The zero-order chi connectivity index (χ0) is 21.7. The number of carbonyl (C=O) groups excluding carboxylic acids is 1. The molecule has 0 radical (unpaired) electrons. The Balaban J connectivity index is 1.86. The Morgan fingerprint density at radius 3 is 2.47 bits per heavy atom. The molecule has 3 aromatic carbocycles. The number of rotatable bonds is 7. The topological polar surface area (TPSA) is 75.6 Å². The smallest absolute Gasteiger partial charge is 0.307 e. The van der Waals surface area contributed by atoms with Crippen LogP contribution in [0.5, 0.6) is 5.75 Å². The Kier molecular flexibility index (Phi) is 6.98. The van der Waals surface area contributed by atoms with Gasteiger partial charge in [-0.1, -0.05) is 53.5 Å². The third kappa shape index (κ3) is 5.12. The highest BCUT2D eigenvalue weighted by molar-refractivity contribution is 6.36. The second-order valence-corrected chi connectivity index (χ2v) is 7.40. The molecule has 0 fully saturated rings. The summed E-state index contributed by atoms with van der Waals surface area (Å²) in [4.78, 5) is 23.7. The molecule has 0 aromatic heterocycles. The van der Waals surface area contributed by atoms with Gasteiger partial charge in [-0.3, -0.25) is 9.59 Å². The summed E-state index contributed by atoms with van der Waals surface area (Å²) in [6, 6.07) is 17.7. The van der Waals surface area contributed by atoms with Gasteiger partial charge in [-0.2, -0.15) is 0 Å². The molecule has 0 saturated heterocycles. The molecule has 0 saturated carbocycles. The third-order valence-corrected chi connectivity index (χ3v) is 5.11. The zero-order valence-corrected chi connectivity index (χ0v) is 17.6. The first-order valence-electron chi connectivity index (χ1n) is 9.09. The van der Waals surface area contributed by atoms with Crippen molar-refractivity contribution in [2.45, 2.75) is 13.0 Å². The van der Waals surface area contributed by atoms with Crippen LogP contribution in [0.15, 0.2) is 60.7 Å². The van der Waals surface area contributed by atoms with Gasteiger partial charge in [-0.25, -0.2) is 0 Å². The highest BCUT2D eigenvalue weighted by Gasteiger charge is 2.14. The van der Waals surface area contributed by atoms with Gasteiger partial charge in [0.1, 0.15) is 5.75 Å². The number of benzene rings is 3. The van der Waals surface area contributed by atoms with Crippen LogP contribution in [0.3, 0.4) is 0 Å². The minimum atomic E-state index is -0.939. The highest BCUT2D eigenvalue weighted by Crippen LogP contribution is 2.29. The van der Waals surface area contributed by atoms with Crippen molar-refractivity contribution in [1.82, 2.24) is 5.32 Å². The molecule has 0 spiro atoms. The van der Waals surface area contributed by atoms with Crippen LogP contribution < -0.4 is 10.1 Å². The molecule has 0 heterocycles. The van der Waals surface area contributed by atoms with E-state index in [-0.39, 0.29) is 23.9 Å². The number of hydrogen-bond donors (Lipinski definition) is 2. The maximum absolute atomic E-state index is 12.5. The minimum absolute atomic E-state index is 0.148. The number of aliphatic carboxylic acids is 1. The maximum Gasteiger partial charge on any atom is 0.307 e. The second-order valence-electron chi connectivity index (χ2n) is 6.56. The first-order chi connectivity index (χ1) is 14.4. The van der Waals surface area contributed by atoms with Gasteiger partial charge in [0.2, 0.25) is 0 Å². The predicted molar refractivity (Wildman–Crippen MR) is 117 cm³/mol. The van der Waals surface area contributed by atoms with E-state index in [9.17, 15) is 14.7 Å². The number of nitrogens with one attached hydrogen (secondary N) is 1. The number of ether oxygens (including phenoxy) is 1. The standard InChI is InChI=1S/C23H19Cl2NO4/c1-30-21-9-6-14(10-16(21)11-22(27)28)18-5-3-2-4-15(18)13-26-23(29)19-8-7-17(24)12-20(19)25/h2-10,12H,11,13H2,1H3,(H,26,29)(H,27,28). The molecule has 154 valence electrons. The van der Waals surface area contributed by atoms with Gasteiger partial charge in [0, 0.05) is 17.1 Å². The molecule has 0 bridgehead atoms. The van der Waals surface area contributed by atoms with Crippen molar-refractivity contribution in [2.75, 3.05) is 7.11 Å². The van der Waals surface area contributed by atoms with Crippen LogP contribution in [-0.2, 0) is 17.8 Å². The average Bonchev–Trinajstić information content (AvgIpc) is 2.72. The summed E-state index contributed by atoms with van der Waals surface area (Å²) < 4.78 is 5.27. The minimum Gasteiger partial charge on any atom is -0.496 e. The van der Waals surface area contributed by atoms with Crippen LogP contribution >= 0.6 is 23.2 Å². The molecule has 3 aromatic rings. The number of hydrogen-bond acceptors (Lipinski definition) is 3. The van der Waals surface area contributed by atoms with Crippen molar-refractivity contribution < 1.29 is 19.4 Å². The Bertz CT molecular complexity index is 1100. The molecule has 0 atom stereocenters. The van der Waals surface area contributed by atoms with Crippen molar-refractivity contribution >= 4 is 35.1 Å². The highest BCUT2D eigenvalue weighted by atomic mass is 35.5. The van der Waals surface area contributed by atoms with E-state index >= 15 is 0 Å². The van der Waals surface area contributed by atoms with E-state index in [1.165, 1.54) is 13.2 Å². The van der Waals surface area contributed by atoms with E-state index in [0.29, 0.717) is 21.9 Å². The maximum atomic E-state index is 12.5. The number of amides is 1. The lowest BCUT2D eigenvalue weighted by Crippen LogP contribution is -2.23. The van der Waals surface area contributed by atoms with E-state index in [2.05, 4.69) is 5.32 Å².